The number of carbonyl (C=O) groups excluding carboxylic acids is 1. The van der Waals surface area contributed by atoms with Gasteiger partial charge in [0.15, 0.2) is 9.84 Å². The smallest absolute Gasteiger partial charge is 0.321 e. The first-order valence-electron chi connectivity index (χ1n) is 5.85. The van der Waals surface area contributed by atoms with Crippen molar-refractivity contribution >= 4 is 43.3 Å². The van der Waals surface area contributed by atoms with Crippen LogP contribution in [0.3, 0.4) is 0 Å². The number of esters is 1. The fourth-order valence-electron chi connectivity index (χ4n) is 1.48. The van der Waals surface area contributed by atoms with Crippen molar-refractivity contribution in [2.75, 3.05) is 5.75 Å². The topological polar surface area (TPSA) is 60.4 Å². The average Bonchev–Trinajstić information content (AvgIpc) is 2.18. The molecule has 4 nitrogen and oxygen atoms in total. The predicted molar refractivity (Wildman–Crippen MR) is 82.5 cm³/mol. The lowest BCUT2D eigenvalue weighted by Crippen LogP contribution is -2.29. The standard InChI is InChI=1S/C13H16BrClO4S/c1-13(2,3)19-12(16)8-20(17,18)7-9-4-5-10(15)6-11(9)14/h4-6H,7-8H2,1-3H3. The summed E-state index contributed by atoms with van der Waals surface area (Å²) in [7, 11) is -3.59. The van der Waals surface area contributed by atoms with Crippen LogP contribution in [0.1, 0.15) is 26.3 Å². The normalized spacial score (nSPS) is 12.2. The summed E-state index contributed by atoms with van der Waals surface area (Å²) in [6, 6.07) is 4.82. The minimum Gasteiger partial charge on any atom is -0.459 e. The predicted octanol–water partition coefficient (Wildman–Crippen LogP) is 3.36. The molecule has 0 heterocycles. The molecule has 0 saturated carbocycles. The van der Waals surface area contributed by atoms with Crippen LogP contribution in [0.25, 0.3) is 0 Å². The Morgan fingerprint density at radius 3 is 2.45 bits per heavy atom. The largest absolute Gasteiger partial charge is 0.459 e. The first-order valence-corrected chi connectivity index (χ1v) is 8.84. The number of benzene rings is 1. The molecular weight excluding hydrogens is 368 g/mol. The molecule has 0 atom stereocenters. The van der Waals surface area contributed by atoms with E-state index in [2.05, 4.69) is 15.9 Å². The zero-order chi connectivity index (χ0) is 15.6. The molecule has 0 aliphatic carbocycles. The van der Waals surface area contributed by atoms with Gasteiger partial charge in [-0.25, -0.2) is 8.42 Å². The van der Waals surface area contributed by atoms with Crippen molar-refractivity contribution in [1.29, 1.82) is 0 Å². The number of ether oxygens (including phenoxy) is 1. The highest BCUT2D eigenvalue weighted by atomic mass is 79.9. The summed E-state index contributed by atoms with van der Waals surface area (Å²) in [6.07, 6.45) is 0. The van der Waals surface area contributed by atoms with Crippen molar-refractivity contribution in [2.45, 2.75) is 32.1 Å². The minimum atomic E-state index is -3.59. The SMILES string of the molecule is CC(C)(C)OC(=O)CS(=O)(=O)Cc1ccc(Cl)cc1Br. The lowest BCUT2D eigenvalue weighted by atomic mass is 10.2. The van der Waals surface area contributed by atoms with E-state index < -0.39 is 27.2 Å². The van der Waals surface area contributed by atoms with Crippen LogP contribution in [0.4, 0.5) is 0 Å². The molecule has 0 saturated heterocycles. The first-order chi connectivity index (χ1) is 8.98. The number of carbonyl (C=O) groups is 1. The van der Waals surface area contributed by atoms with Crippen LogP contribution in [-0.4, -0.2) is 25.7 Å². The zero-order valence-corrected chi connectivity index (χ0v) is 14.6. The molecule has 0 bridgehead atoms. The van der Waals surface area contributed by atoms with Crippen LogP contribution < -0.4 is 0 Å². The van der Waals surface area contributed by atoms with Crippen LogP contribution in [0, 0.1) is 0 Å². The van der Waals surface area contributed by atoms with E-state index >= 15 is 0 Å². The number of hydrogen-bond acceptors (Lipinski definition) is 4. The highest BCUT2D eigenvalue weighted by molar-refractivity contribution is 9.10. The van der Waals surface area contributed by atoms with Crippen LogP contribution in [-0.2, 0) is 25.1 Å². The van der Waals surface area contributed by atoms with Gasteiger partial charge in [-0.3, -0.25) is 4.79 Å². The second-order valence-corrected chi connectivity index (χ2v) is 8.71. The van der Waals surface area contributed by atoms with E-state index in [9.17, 15) is 13.2 Å². The van der Waals surface area contributed by atoms with Gasteiger partial charge in [0.2, 0.25) is 0 Å². The number of hydrogen-bond donors (Lipinski definition) is 0. The lowest BCUT2D eigenvalue weighted by molar-refractivity contribution is -0.151. The molecule has 0 aliphatic rings. The van der Waals surface area contributed by atoms with Gasteiger partial charge in [0, 0.05) is 9.50 Å². The third-order valence-electron chi connectivity index (χ3n) is 2.15. The molecule has 20 heavy (non-hydrogen) atoms. The van der Waals surface area contributed by atoms with E-state index in [-0.39, 0.29) is 5.75 Å². The summed E-state index contributed by atoms with van der Waals surface area (Å²) in [5.74, 6) is -1.63. The van der Waals surface area contributed by atoms with Crippen molar-refractivity contribution in [3.05, 3.63) is 33.3 Å². The quantitative estimate of drug-likeness (QED) is 0.748. The summed E-state index contributed by atoms with van der Waals surface area (Å²) in [4.78, 5) is 11.6. The molecule has 0 N–H and O–H groups in total. The molecule has 0 unspecified atom stereocenters. The maximum Gasteiger partial charge on any atom is 0.321 e. The molecule has 0 radical (unpaired) electrons. The average molecular weight is 384 g/mol. The van der Waals surface area contributed by atoms with Gasteiger partial charge < -0.3 is 4.74 Å². The van der Waals surface area contributed by atoms with Gasteiger partial charge in [0.1, 0.15) is 11.4 Å². The van der Waals surface area contributed by atoms with Gasteiger partial charge >= 0.3 is 5.97 Å². The van der Waals surface area contributed by atoms with Gasteiger partial charge in [-0.05, 0) is 38.5 Å². The maximum atomic E-state index is 12.0. The second kappa shape index (κ2) is 6.45. The highest BCUT2D eigenvalue weighted by Gasteiger charge is 2.23. The Kier molecular flexibility index (Phi) is 5.63. The van der Waals surface area contributed by atoms with Gasteiger partial charge in [0.25, 0.3) is 0 Å². The van der Waals surface area contributed by atoms with Gasteiger partial charge in [-0.15, -0.1) is 0 Å². The third kappa shape index (κ3) is 6.24. The van der Waals surface area contributed by atoms with Crippen LogP contribution in [0.2, 0.25) is 5.02 Å². The van der Waals surface area contributed by atoms with Gasteiger partial charge in [-0.1, -0.05) is 33.6 Å². The first kappa shape index (κ1) is 17.5. The molecule has 0 aromatic heterocycles. The molecule has 1 aromatic carbocycles. The summed E-state index contributed by atoms with van der Waals surface area (Å²) < 4.78 is 29.6. The van der Waals surface area contributed by atoms with Crippen molar-refractivity contribution in [3.8, 4) is 0 Å². The van der Waals surface area contributed by atoms with Crippen LogP contribution in [0.5, 0.6) is 0 Å². The summed E-state index contributed by atoms with van der Waals surface area (Å²) in [6.45, 7) is 5.06. The molecule has 0 aliphatic heterocycles. The Morgan fingerprint density at radius 2 is 1.95 bits per heavy atom. The van der Waals surface area contributed by atoms with E-state index in [0.717, 1.165) is 0 Å². The molecule has 1 aromatic rings. The molecule has 0 spiro atoms. The Bertz CT molecular complexity index is 605. The Morgan fingerprint density at radius 1 is 1.35 bits per heavy atom. The van der Waals surface area contributed by atoms with Crippen LogP contribution in [0.15, 0.2) is 22.7 Å². The van der Waals surface area contributed by atoms with Crippen molar-refractivity contribution in [3.63, 3.8) is 0 Å². The van der Waals surface area contributed by atoms with E-state index in [1.54, 1.807) is 39.0 Å². The molecular formula is C13H16BrClO4S. The van der Waals surface area contributed by atoms with E-state index in [0.29, 0.717) is 15.1 Å². The van der Waals surface area contributed by atoms with Crippen LogP contribution >= 0.6 is 27.5 Å². The fourth-order valence-corrected chi connectivity index (χ4v) is 3.73. The minimum absolute atomic E-state index is 0.246. The Hall–Kier alpha value is -0.590. The lowest BCUT2D eigenvalue weighted by Gasteiger charge is -2.19. The molecule has 7 heteroatoms. The summed E-state index contributed by atoms with van der Waals surface area (Å²) >= 11 is 9.04. The Balaban J connectivity index is 2.78. The molecule has 0 amide bonds. The summed E-state index contributed by atoms with van der Waals surface area (Å²) in [5, 5.41) is 0.505. The third-order valence-corrected chi connectivity index (χ3v) is 4.55. The number of halogens is 2. The van der Waals surface area contributed by atoms with Crippen molar-refractivity contribution in [1.82, 2.24) is 0 Å². The highest BCUT2D eigenvalue weighted by Crippen LogP contribution is 2.23. The molecule has 112 valence electrons. The van der Waals surface area contributed by atoms with Crippen molar-refractivity contribution in [2.24, 2.45) is 0 Å². The van der Waals surface area contributed by atoms with Crippen molar-refractivity contribution < 1.29 is 17.9 Å². The summed E-state index contributed by atoms with van der Waals surface area (Å²) in [5.41, 5.74) is -0.147. The fraction of sp³-hybridized carbons (Fsp3) is 0.462. The second-order valence-electron chi connectivity index (χ2n) is 5.35. The Labute approximate surface area is 132 Å². The molecule has 1 rings (SSSR count). The van der Waals surface area contributed by atoms with E-state index in [1.165, 1.54) is 0 Å². The maximum absolute atomic E-state index is 12.0. The van der Waals surface area contributed by atoms with Gasteiger partial charge in [-0.2, -0.15) is 0 Å². The monoisotopic (exact) mass is 382 g/mol. The number of rotatable bonds is 4. The van der Waals surface area contributed by atoms with E-state index in [1.807, 2.05) is 0 Å². The number of sulfone groups is 1. The van der Waals surface area contributed by atoms with Gasteiger partial charge in [0.05, 0.1) is 5.75 Å². The zero-order valence-electron chi connectivity index (χ0n) is 11.4. The van der Waals surface area contributed by atoms with E-state index in [4.69, 9.17) is 16.3 Å². The molecule has 0 fully saturated rings.